The van der Waals surface area contributed by atoms with E-state index in [1.54, 1.807) is 0 Å². The maximum atomic E-state index is 13.0. The highest BCUT2D eigenvalue weighted by Crippen LogP contribution is 2.37. The molecule has 0 saturated carbocycles. The Balaban J connectivity index is 2.36. The van der Waals surface area contributed by atoms with Gasteiger partial charge in [-0.05, 0) is 29.3 Å². The van der Waals surface area contributed by atoms with Crippen molar-refractivity contribution < 1.29 is 18.3 Å². The van der Waals surface area contributed by atoms with E-state index in [-0.39, 0.29) is 12.0 Å². The minimum absolute atomic E-state index is 0.0373. The number of aliphatic hydroxyl groups is 1. The third-order valence-electron chi connectivity index (χ3n) is 3.03. The number of alkyl halides is 3. The van der Waals surface area contributed by atoms with Gasteiger partial charge in [0.05, 0.1) is 11.7 Å². The molecule has 7 heteroatoms. The van der Waals surface area contributed by atoms with Crippen LogP contribution in [0.1, 0.15) is 22.8 Å². The van der Waals surface area contributed by atoms with E-state index in [1.165, 1.54) is 30.6 Å². The van der Waals surface area contributed by atoms with E-state index in [0.717, 1.165) is 6.07 Å². The van der Waals surface area contributed by atoms with E-state index in [0.29, 0.717) is 15.7 Å². The third-order valence-corrected chi connectivity index (χ3v) is 3.53. The number of hydrogen-bond donors (Lipinski definition) is 2. The summed E-state index contributed by atoms with van der Waals surface area (Å²) < 4.78 is 39.4. The van der Waals surface area contributed by atoms with E-state index in [1.807, 2.05) is 0 Å². The standard InChI is InChI=1S/C14H12BrF3N2O/c15-9-1-2-10(11(6-9)14(16,17)18)13(21)5-8-7-20-4-3-12(8)19/h1-4,6-7,13,21H,5H2,(H2,19,20). The first-order chi connectivity index (χ1) is 9.79. The van der Waals surface area contributed by atoms with Crippen molar-refractivity contribution in [1.82, 2.24) is 4.98 Å². The molecule has 0 aliphatic heterocycles. The van der Waals surface area contributed by atoms with E-state index in [4.69, 9.17) is 5.73 Å². The molecule has 0 radical (unpaired) electrons. The Morgan fingerprint density at radius 1 is 1.29 bits per heavy atom. The maximum absolute atomic E-state index is 13.0. The number of halogens is 4. The number of nitrogens with two attached hydrogens (primary N) is 1. The zero-order valence-corrected chi connectivity index (χ0v) is 12.3. The lowest BCUT2D eigenvalue weighted by atomic mass is 9.97. The predicted octanol–water partition coefficient (Wildman–Crippen LogP) is 3.72. The van der Waals surface area contributed by atoms with Crippen LogP contribution in [0.2, 0.25) is 0 Å². The summed E-state index contributed by atoms with van der Waals surface area (Å²) in [6.07, 6.45) is -2.98. The minimum atomic E-state index is -4.54. The number of pyridine rings is 1. The highest BCUT2D eigenvalue weighted by molar-refractivity contribution is 9.10. The van der Waals surface area contributed by atoms with Crippen molar-refractivity contribution in [1.29, 1.82) is 0 Å². The Kier molecular flexibility index (Phi) is 4.53. The number of nitrogen functional groups attached to an aromatic ring is 1. The number of hydrogen-bond acceptors (Lipinski definition) is 3. The van der Waals surface area contributed by atoms with Crippen molar-refractivity contribution in [3.05, 3.63) is 57.8 Å². The monoisotopic (exact) mass is 360 g/mol. The number of aromatic nitrogens is 1. The molecule has 1 aromatic heterocycles. The summed E-state index contributed by atoms with van der Waals surface area (Å²) in [5.41, 5.74) is 5.54. The number of nitrogens with zero attached hydrogens (tertiary/aromatic N) is 1. The van der Waals surface area contributed by atoms with Crippen LogP contribution in [0.5, 0.6) is 0 Å². The average molecular weight is 361 g/mol. The summed E-state index contributed by atoms with van der Waals surface area (Å²) >= 11 is 3.00. The zero-order valence-electron chi connectivity index (χ0n) is 10.7. The van der Waals surface area contributed by atoms with Crippen molar-refractivity contribution in [2.24, 2.45) is 0 Å². The number of aliphatic hydroxyl groups excluding tert-OH is 1. The van der Waals surface area contributed by atoms with Crippen molar-refractivity contribution in [3.63, 3.8) is 0 Å². The summed E-state index contributed by atoms with van der Waals surface area (Å²) in [5, 5.41) is 10.1. The molecule has 1 heterocycles. The van der Waals surface area contributed by atoms with Crippen LogP contribution in [-0.2, 0) is 12.6 Å². The lowest BCUT2D eigenvalue weighted by Gasteiger charge is -2.18. The first-order valence-corrected chi connectivity index (χ1v) is 6.81. The van der Waals surface area contributed by atoms with Gasteiger partial charge in [0.15, 0.2) is 0 Å². The second kappa shape index (κ2) is 6.03. The Bertz CT molecular complexity index is 646. The van der Waals surface area contributed by atoms with Gasteiger partial charge in [0.25, 0.3) is 0 Å². The normalized spacial score (nSPS) is 13.2. The number of rotatable bonds is 3. The van der Waals surface area contributed by atoms with Crippen LogP contribution < -0.4 is 5.73 Å². The lowest BCUT2D eigenvalue weighted by Crippen LogP contribution is -2.14. The maximum Gasteiger partial charge on any atom is 0.416 e. The number of anilines is 1. The van der Waals surface area contributed by atoms with Gasteiger partial charge in [0.1, 0.15) is 0 Å². The fourth-order valence-corrected chi connectivity index (χ4v) is 2.35. The van der Waals surface area contributed by atoms with Gasteiger partial charge in [0.2, 0.25) is 0 Å². The van der Waals surface area contributed by atoms with Gasteiger partial charge in [-0.2, -0.15) is 13.2 Å². The Morgan fingerprint density at radius 3 is 2.62 bits per heavy atom. The Morgan fingerprint density at radius 2 is 2.00 bits per heavy atom. The van der Waals surface area contributed by atoms with Gasteiger partial charge >= 0.3 is 6.18 Å². The van der Waals surface area contributed by atoms with Crippen LogP contribution in [0.25, 0.3) is 0 Å². The second-order valence-corrected chi connectivity index (χ2v) is 5.44. The second-order valence-electron chi connectivity index (χ2n) is 4.52. The quantitative estimate of drug-likeness (QED) is 0.876. The average Bonchev–Trinajstić information content (AvgIpc) is 2.40. The smallest absolute Gasteiger partial charge is 0.398 e. The van der Waals surface area contributed by atoms with Crippen LogP contribution in [0.3, 0.4) is 0 Å². The molecule has 3 N–H and O–H groups in total. The van der Waals surface area contributed by atoms with Gasteiger partial charge in [-0.15, -0.1) is 0 Å². The Labute approximate surface area is 127 Å². The molecule has 112 valence electrons. The van der Waals surface area contributed by atoms with E-state index in [2.05, 4.69) is 20.9 Å². The topological polar surface area (TPSA) is 59.1 Å². The molecule has 0 fully saturated rings. The van der Waals surface area contributed by atoms with E-state index in [9.17, 15) is 18.3 Å². The molecule has 1 unspecified atom stereocenters. The zero-order chi connectivity index (χ0) is 15.6. The molecule has 1 atom stereocenters. The molecule has 0 amide bonds. The first kappa shape index (κ1) is 15.8. The largest absolute Gasteiger partial charge is 0.416 e. The summed E-state index contributed by atoms with van der Waals surface area (Å²) in [4.78, 5) is 3.86. The molecule has 0 aliphatic rings. The first-order valence-electron chi connectivity index (χ1n) is 6.02. The summed E-state index contributed by atoms with van der Waals surface area (Å²) in [5.74, 6) is 0. The van der Waals surface area contributed by atoms with Crippen molar-refractivity contribution >= 4 is 21.6 Å². The molecule has 2 rings (SSSR count). The van der Waals surface area contributed by atoms with Crippen molar-refractivity contribution in [2.75, 3.05) is 5.73 Å². The fraction of sp³-hybridized carbons (Fsp3) is 0.214. The highest BCUT2D eigenvalue weighted by atomic mass is 79.9. The molecule has 3 nitrogen and oxygen atoms in total. The predicted molar refractivity (Wildman–Crippen MR) is 76.5 cm³/mol. The van der Waals surface area contributed by atoms with Crippen molar-refractivity contribution in [2.45, 2.75) is 18.7 Å². The lowest BCUT2D eigenvalue weighted by molar-refractivity contribution is -0.139. The van der Waals surface area contributed by atoms with Crippen LogP contribution in [0.15, 0.2) is 41.1 Å². The highest BCUT2D eigenvalue weighted by Gasteiger charge is 2.35. The molecule has 0 saturated heterocycles. The van der Waals surface area contributed by atoms with E-state index >= 15 is 0 Å². The molecule has 0 aliphatic carbocycles. The molecular formula is C14H12BrF3N2O. The SMILES string of the molecule is Nc1ccncc1CC(O)c1ccc(Br)cc1C(F)(F)F. The summed E-state index contributed by atoms with van der Waals surface area (Å²) in [6.45, 7) is 0. The van der Waals surface area contributed by atoms with Gasteiger partial charge in [-0.25, -0.2) is 0 Å². The molecule has 0 bridgehead atoms. The minimum Gasteiger partial charge on any atom is -0.398 e. The van der Waals surface area contributed by atoms with Crippen LogP contribution in [0, 0.1) is 0 Å². The van der Waals surface area contributed by atoms with Crippen LogP contribution in [0.4, 0.5) is 18.9 Å². The van der Waals surface area contributed by atoms with Gasteiger partial charge in [0, 0.05) is 29.0 Å². The van der Waals surface area contributed by atoms with Crippen LogP contribution in [-0.4, -0.2) is 10.1 Å². The Hall–Kier alpha value is -1.60. The van der Waals surface area contributed by atoms with Gasteiger partial charge in [-0.1, -0.05) is 22.0 Å². The number of benzene rings is 1. The van der Waals surface area contributed by atoms with Gasteiger partial charge < -0.3 is 10.8 Å². The molecular weight excluding hydrogens is 349 g/mol. The van der Waals surface area contributed by atoms with E-state index < -0.39 is 17.8 Å². The van der Waals surface area contributed by atoms with Crippen molar-refractivity contribution in [3.8, 4) is 0 Å². The summed E-state index contributed by atoms with van der Waals surface area (Å²) in [7, 11) is 0. The third kappa shape index (κ3) is 3.74. The summed E-state index contributed by atoms with van der Waals surface area (Å²) in [6, 6.07) is 5.20. The molecule has 1 aromatic carbocycles. The fourth-order valence-electron chi connectivity index (χ4n) is 1.99. The molecule has 21 heavy (non-hydrogen) atoms. The molecule has 2 aromatic rings. The molecule has 0 spiro atoms. The van der Waals surface area contributed by atoms with Gasteiger partial charge in [-0.3, -0.25) is 4.98 Å². The van der Waals surface area contributed by atoms with Crippen LogP contribution >= 0.6 is 15.9 Å².